The summed E-state index contributed by atoms with van der Waals surface area (Å²) < 4.78 is 0. The molecule has 0 bridgehead atoms. The van der Waals surface area contributed by atoms with Gasteiger partial charge in [0.25, 0.3) is 0 Å². The van der Waals surface area contributed by atoms with Crippen LogP contribution in [0.1, 0.15) is 16.1 Å². The average molecular weight is 259 g/mol. The van der Waals surface area contributed by atoms with Crippen molar-refractivity contribution in [2.75, 3.05) is 0 Å². The molecule has 0 aliphatic carbocycles. The van der Waals surface area contributed by atoms with E-state index in [1.807, 2.05) is 60.7 Å². The lowest BCUT2D eigenvalue weighted by Crippen LogP contribution is -2.03. The molecule has 2 aromatic carbocycles. The quantitative estimate of drug-likeness (QED) is 0.666. The topological polar surface area (TPSA) is 30.0 Å². The van der Waals surface area contributed by atoms with Gasteiger partial charge in [0.2, 0.25) is 5.78 Å². The summed E-state index contributed by atoms with van der Waals surface area (Å²) in [5, 5.41) is 0. The van der Waals surface area contributed by atoms with E-state index in [9.17, 15) is 4.79 Å². The third kappa shape index (κ3) is 2.50. The Morgan fingerprint density at radius 2 is 1.50 bits per heavy atom. The molecule has 0 spiro atoms. The minimum atomic E-state index is -0.0524. The molecule has 0 N–H and O–H groups in total. The van der Waals surface area contributed by atoms with Crippen molar-refractivity contribution in [3.8, 4) is 11.1 Å². The van der Waals surface area contributed by atoms with Gasteiger partial charge < -0.3 is 0 Å². The van der Waals surface area contributed by atoms with E-state index in [-0.39, 0.29) is 5.78 Å². The Labute approximate surface area is 117 Å². The number of carbonyl (C=O) groups excluding carboxylic acids is 1. The minimum Gasteiger partial charge on any atom is -0.287 e. The molecule has 0 saturated heterocycles. The minimum absolute atomic E-state index is 0.0524. The number of pyridine rings is 1. The monoisotopic (exact) mass is 259 g/mol. The van der Waals surface area contributed by atoms with Crippen LogP contribution in [0.5, 0.6) is 0 Å². The third-order valence-corrected chi connectivity index (χ3v) is 3.13. The van der Waals surface area contributed by atoms with Gasteiger partial charge in [-0.25, -0.2) is 0 Å². The molecule has 0 aliphatic rings. The Morgan fingerprint density at radius 1 is 0.750 bits per heavy atom. The first kappa shape index (κ1) is 12.3. The van der Waals surface area contributed by atoms with Crippen molar-refractivity contribution in [2.24, 2.45) is 0 Å². The van der Waals surface area contributed by atoms with Crippen LogP contribution in [0.4, 0.5) is 0 Å². The van der Waals surface area contributed by atoms with Crippen LogP contribution in [0.2, 0.25) is 0 Å². The van der Waals surface area contributed by atoms with Crippen LogP contribution in [0.15, 0.2) is 79.0 Å². The summed E-state index contributed by atoms with van der Waals surface area (Å²) >= 11 is 0. The van der Waals surface area contributed by atoms with Crippen molar-refractivity contribution in [2.45, 2.75) is 0 Å². The lowest BCUT2D eigenvalue weighted by atomic mass is 10.0. The SMILES string of the molecule is O=C(c1cccc(-c2ccccc2)c1)c1ccccn1. The molecular weight excluding hydrogens is 246 g/mol. The van der Waals surface area contributed by atoms with E-state index in [0.29, 0.717) is 11.3 Å². The largest absolute Gasteiger partial charge is 0.287 e. The maximum atomic E-state index is 12.4. The fourth-order valence-corrected chi connectivity index (χ4v) is 2.12. The van der Waals surface area contributed by atoms with Crippen molar-refractivity contribution in [1.82, 2.24) is 4.98 Å². The van der Waals surface area contributed by atoms with Crippen LogP contribution in [0.25, 0.3) is 11.1 Å². The van der Waals surface area contributed by atoms with E-state index in [0.717, 1.165) is 11.1 Å². The van der Waals surface area contributed by atoms with Gasteiger partial charge in [-0.3, -0.25) is 9.78 Å². The number of ketones is 1. The summed E-state index contributed by atoms with van der Waals surface area (Å²) in [6.07, 6.45) is 1.63. The highest BCUT2D eigenvalue weighted by Crippen LogP contribution is 2.21. The zero-order valence-corrected chi connectivity index (χ0v) is 10.9. The fraction of sp³-hybridized carbons (Fsp3) is 0. The first-order chi connectivity index (χ1) is 9.84. The Morgan fingerprint density at radius 3 is 2.25 bits per heavy atom. The van der Waals surface area contributed by atoms with Crippen molar-refractivity contribution in [1.29, 1.82) is 0 Å². The molecule has 0 atom stereocenters. The standard InChI is InChI=1S/C18H13NO/c20-18(17-11-4-5-12-19-17)16-10-6-9-15(13-16)14-7-2-1-3-8-14/h1-13H. The van der Waals surface area contributed by atoms with E-state index >= 15 is 0 Å². The number of hydrogen-bond donors (Lipinski definition) is 0. The van der Waals surface area contributed by atoms with Gasteiger partial charge in [-0.2, -0.15) is 0 Å². The van der Waals surface area contributed by atoms with Gasteiger partial charge in [0.05, 0.1) is 0 Å². The maximum absolute atomic E-state index is 12.4. The Bertz CT molecular complexity index is 721. The van der Waals surface area contributed by atoms with Crippen LogP contribution < -0.4 is 0 Å². The number of carbonyl (C=O) groups is 1. The van der Waals surface area contributed by atoms with Crippen LogP contribution >= 0.6 is 0 Å². The molecule has 20 heavy (non-hydrogen) atoms. The van der Waals surface area contributed by atoms with Gasteiger partial charge in [0, 0.05) is 11.8 Å². The highest BCUT2D eigenvalue weighted by molar-refractivity contribution is 6.08. The van der Waals surface area contributed by atoms with Crippen molar-refractivity contribution >= 4 is 5.78 Å². The number of rotatable bonds is 3. The second-order valence-electron chi connectivity index (χ2n) is 4.49. The summed E-state index contributed by atoms with van der Waals surface area (Å²) in [6.45, 7) is 0. The molecule has 2 heteroatoms. The third-order valence-electron chi connectivity index (χ3n) is 3.13. The summed E-state index contributed by atoms with van der Waals surface area (Å²) in [5.74, 6) is -0.0524. The number of benzene rings is 2. The Balaban J connectivity index is 1.98. The molecule has 3 aromatic rings. The van der Waals surface area contributed by atoms with Crippen LogP contribution in [0.3, 0.4) is 0 Å². The molecule has 0 fully saturated rings. The van der Waals surface area contributed by atoms with E-state index in [2.05, 4.69) is 4.98 Å². The van der Waals surface area contributed by atoms with E-state index in [4.69, 9.17) is 0 Å². The maximum Gasteiger partial charge on any atom is 0.211 e. The molecule has 0 aliphatic heterocycles. The van der Waals surface area contributed by atoms with Gasteiger partial charge >= 0.3 is 0 Å². The van der Waals surface area contributed by atoms with Crippen molar-refractivity contribution in [3.63, 3.8) is 0 Å². The zero-order chi connectivity index (χ0) is 13.8. The van der Waals surface area contributed by atoms with E-state index < -0.39 is 0 Å². The van der Waals surface area contributed by atoms with Crippen LogP contribution in [-0.4, -0.2) is 10.8 Å². The highest BCUT2D eigenvalue weighted by atomic mass is 16.1. The second kappa shape index (κ2) is 5.49. The molecule has 1 heterocycles. The molecular formula is C18H13NO. The van der Waals surface area contributed by atoms with Gasteiger partial charge in [0.15, 0.2) is 0 Å². The number of aromatic nitrogens is 1. The van der Waals surface area contributed by atoms with Crippen LogP contribution in [0, 0.1) is 0 Å². The van der Waals surface area contributed by atoms with Gasteiger partial charge in [0.1, 0.15) is 5.69 Å². The summed E-state index contributed by atoms with van der Waals surface area (Å²) in [6, 6.07) is 23.0. The van der Waals surface area contributed by atoms with E-state index in [1.165, 1.54) is 0 Å². The Kier molecular flexibility index (Phi) is 3.38. The molecule has 0 saturated carbocycles. The van der Waals surface area contributed by atoms with Crippen molar-refractivity contribution in [3.05, 3.63) is 90.3 Å². The summed E-state index contributed by atoms with van der Waals surface area (Å²) in [7, 11) is 0. The lowest BCUT2D eigenvalue weighted by molar-refractivity contribution is 0.103. The molecule has 2 nitrogen and oxygen atoms in total. The summed E-state index contributed by atoms with van der Waals surface area (Å²) in [5.41, 5.74) is 3.26. The van der Waals surface area contributed by atoms with Crippen LogP contribution in [-0.2, 0) is 0 Å². The zero-order valence-electron chi connectivity index (χ0n) is 10.9. The molecule has 0 radical (unpaired) electrons. The van der Waals surface area contributed by atoms with E-state index in [1.54, 1.807) is 18.3 Å². The molecule has 1 aromatic heterocycles. The second-order valence-corrected chi connectivity index (χ2v) is 4.49. The average Bonchev–Trinajstić information content (AvgIpc) is 2.56. The number of nitrogens with zero attached hydrogens (tertiary/aromatic N) is 1. The predicted molar refractivity (Wildman–Crippen MR) is 79.5 cm³/mol. The molecule has 0 unspecified atom stereocenters. The first-order valence-corrected chi connectivity index (χ1v) is 6.46. The first-order valence-electron chi connectivity index (χ1n) is 6.46. The Hall–Kier alpha value is -2.74. The molecule has 0 amide bonds. The van der Waals surface area contributed by atoms with Crippen molar-refractivity contribution < 1.29 is 4.79 Å². The molecule has 3 rings (SSSR count). The number of hydrogen-bond acceptors (Lipinski definition) is 2. The highest BCUT2D eigenvalue weighted by Gasteiger charge is 2.10. The van der Waals surface area contributed by atoms with Gasteiger partial charge in [-0.05, 0) is 29.3 Å². The normalized spacial score (nSPS) is 10.2. The lowest BCUT2D eigenvalue weighted by Gasteiger charge is -2.04. The fourth-order valence-electron chi connectivity index (χ4n) is 2.12. The molecule has 96 valence electrons. The van der Waals surface area contributed by atoms with Gasteiger partial charge in [-0.15, -0.1) is 0 Å². The smallest absolute Gasteiger partial charge is 0.211 e. The van der Waals surface area contributed by atoms with Gasteiger partial charge in [-0.1, -0.05) is 54.6 Å². The summed E-state index contributed by atoms with van der Waals surface area (Å²) in [4.78, 5) is 16.5. The predicted octanol–water partition coefficient (Wildman–Crippen LogP) is 3.98.